The van der Waals surface area contributed by atoms with Gasteiger partial charge in [0.15, 0.2) is 0 Å². The first-order valence-electron chi connectivity index (χ1n) is 9.90. The highest BCUT2D eigenvalue weighted by Gasteiger charge is 2.36. The molecule has 1 saturated heterocycles. The minimum atomic E-state index is -0.177. The summed E-state index contributed by atoms with van der Waals surface area (Å²) in [6.45, 7) is 6.00. The molecule has 3 atom stereocenters. The molecule has 2 fully saturated rings. The van der Waals surface area contributed by atoms with Gasteiger partial charge in [0.25, 0.3) is 5.91 Å². The number of phenolic OH excluding ortho intramolecular Hbond substituents is 1. The van der Waals surface area contributed by atoms with Crippen molar-refractivity contribution in [3.63, 3.8) is 0 Å². The molecule has 1 aromatic rings. The predicted octanol–water partition coefficient (Wildman–Crippen LogP) is 3.86. The molecule has 1 aliphatic carbocycles. The standard InChI is InChI=1S/C21H32N2O2/c1-15-8-11-20(24)18(14-15)21(25)22-12-5-13-23-16(2)9-10-17-6-3-4-7-19(17)23/h8,11,14,16-17,19,24H,3-7,9-10,12-13H2,1-2H3,(H,22,25)/t16-,17+,19+/m1/s1. The second-order valence-corrected chi connectivity index (χ2v) is 7.91. The van der Waals surface area contributed by atoms with Crippen molar-refractivity contribution < 1.29 is 9.90 Å². The van der Waals surface area contributed by atoms with Gasteiger partial charge in [-0.25, -0.2) is 0 Å². The molecule has 4 nitrogen and oxygen atoms in total. The lowest BCUT2D eigenvalue weighted by Crippen LogP contribution is -2.51. The summed E-state index contributed by atoms with van der Waals surface area (Å²) in [5, 5.41) is 12.8. The number of aromatic hydroxyl groups is 1. The van der Waals surface area contributed by atoms with Gasteiger partial charge in [0, 0.05) is 25.2 Å². The van der Waals surface area contributed by atoms with Gasteiger partial charge in [-0.3, -0.25) is 9.69 Å². The van der Waals surface area contributed by atoms with Crippen molar-refractivity contribution in [2.24, 2.45) is 5.92 Å². The maximum absolute atomic E-state index is 12.3. The number of carbonyl (C=O) groups is 1. The van der Waals surface area contributed by atoms with Gasteiger partial charge in [-0.2, -0.15) is 0 Å². The van der Waals surface area contributed by atoms with Gasteiger partial charge in [0.05, 0.1) is 5.56 Å². The monoisotopic (exact) mass is 344 g/mol. The van der Waals surface area contributed by atoms with Crippen LogP contribution in [0.25, 0.3) is 0 Å². The van der Waals surface area contributed by atoms with E-state index in [1.807, 2.05) is 13.0 Å². The number of carbonyl (C=O) groups excluding carboxylic acids is 1. The van der Waals surface area contributed by atoms with Gasteiger partial charge in [0.2, 0.25) is 0 Å². The number of hydrogen-bond acceptors (Lipinski definition) is 3. The van der Waals surface area contributed by atoms with Crippen LogP contribution in [-0.2, 0) is 0 Å². The summed E-state index contributed by atoms with van der Waals surface area (Å²) in [7, 11) is 0. The van der Waals surface area contributed by atoms with Crippen molar-refractivity contribution in [3.05, 3.63) is 29.3 Å². The van der Waals surface area contributed by atoms with E-state index in [2.05, 4.69) is 17.1 Å². The number of aryl methyl sites for hydroxylation is 1. The number of fused-ring (bicyclic) bond motifs is 1. The first-order chi connectivity index (χ1) is 12.1. The Balaban J connectivity index is 1.48. The summed E-state index contributed by atoms with van der Waals surface area (Å²) in [6.07, 6.45) is 9.19. The highest BCUT2D eigenvalue weighted by atomic mass is 16.3. The SMILES string of the molecule is Cc1ccc(O)c(C(=O)NCCCN2[C@H](C)CC[C@@H]3CCCC[C@@H]32)c1. The van der Waals surface area contributed by atoms with Gasteiger partial charge in [-0.1, -0.05) is 24.5 Å². The molecule has 2 aliphatic rings. The Labute approximate surface area is 151 Å². The molecule has 2 N–H and O–H groups in total. The van der Waals surface area contributed by atoms with Gasteiger partial charge < -0.3 is 10.4 Å². The van der Waals surface area contributed by atoms with Crippen LogP contribution in [0.15, 0.2) is 18.2 Å². The van der Waals surface area contributed by atoms with Crippen molar-refractivity contribution >= 4 is 5.91 Å². The first-order valence-corrected chi connectivity index (χ1v) is 9.90. The molecule has 25 heavy (non-hydrogen) atoms. The van der Waals surface area contributed by atoms with Crippen molar-refractivity contribution in [2.45, 2.75) is 70.9 Å². The number of nitrogens with zero attached hydrogens (tertiary/aromatic N) is 1. The summed E-state index contributed by atoms with van der Waals surface area (Å²) in [6, 6.07) is 6.56. The lowest BCUT2D eigenvalue weighted by Gasteiger charge is -2.48. The number of hydrogen-bond donors (Lipinski definition) is 2. The molecule has 4 heteroatoms. The van der Waals surface area contributed by atoms with E-state index < -0.39 is 0 Å². The third-order valence-electron chi connectivity index (χ3n) is 6.09. The smallest absolute Gasteiger partial charge is 0.255 e. The number of rotatable bonds is 5. The number of nitrogens with one attached hydrogen (secondary N) is 1. The van der Waals surface area contributed by atoms with E-state index in [1.54, 1.807) is 12.1 Å². The Morgan fingerprint density at radius 3 is 2.88 bits per heavy atom. The van der Waals surface area contributed by atoms with Crippen LogP contribution in [-0.4, -0.2) is 41.1 Å². The summed E-state index contributed by atoms with van der Waals surface area (Å²) in [4.78, 5) is 15.0. The van der Waals surface area contributed by atoms with Crippen LogP contribution in [0.3, 0.4) is 0 Å². The lowest BCUT2D eigenvalue weighted by atomic mass is 9.76. The molecule has 0 radical (unpaired) electrons. The third-order valence-corrected chi connectivity index (χ3v) is 6.09. The van der Waals surface area contributed by atoms with Crippen LogP contribution in [0.2, 0.25) is 0 Å². The van der Waals surface area contributed by atoms with Crippen molar-refractivity contribution in [2.75, 3.05) is 13.1 Å². The Kier molecular flexibility index (Phi) is 6.00. The van der Waals surface area contributed by atoms with Crippen LogP contribution in [0, 0.1) is 12.8 Å². The first kappa shape index (κ1) is 18.2. The molecule has 0 bridgehead atoms. The van der Waals surface area contributed by atoms with Crippen molar-refractivity contribution in [1.29, 1.82) is 0 Å². The average Bonchev–Trinajstić information content (AvgIpc) is 2.62. The van der Waals surface area contributed by atoms with E-state index in [9.17, 15) is 9.90 Å². The molecule has 1 aromatic carbocycles. The van der Waals surface area contributed by atoms with E-state index in [-0.39, 0.29) is 11.7 Å². The summed E-state index contributed by atoms with van der Waals surface area (Å²) < 4.78 is 0. The van der Waals surface area contributed by atoms with Gasteiger partial charge >= 0.3 is 0 Å². The van der Waals surface area contributed by atoms with E-state index in [4.69, 9.17) is 0 Å². The molecule has 0 spiro atoms. The molecule has 0 aromatic heterocycles. The largest absolute Gasteiger partial charge is 0.507 e. The molecule has 3 rings (SSSR count). The fourth-order valence-electron chi connectivity index (χ4n) is 4.69. The number of likely N-dealkylation sites (tertiary alicyclic amines) is 1. The van der Waals surface area contributed by atoms with E-state index in [1.165, 1.54) is 38.5 Å². The normalized spacial score (nSPS) is 26.9. The Morgan fingerprint density at radius 2 is 2.04 bits per heavy atom. The van der Waals surface area contributed by atoms with E-state index in [0.29, 0.717) is 18.2 Å². The summed E-state index contributed by atoms with van der Waals surface area (Å²) in [5.41, 5.74) is 1.35. The fourth-order valence-corrected chi connectivity index (χ4v) is 4.69. The summed E-state index contributed by atoms with van der Waals surface area (Å²) >= 11 is 0. The average molecular weight is 344 g/mol. The van der Waals surface area contributed by atoms with Gasteiger partial charge in [-0.05, 0) is 64.0 Å². The maximum Gasteiger partial charge on any atom is 0.255 e. The molecule has 0 unspecified atom stereocenters. The van der Waals surface area contributed by atoms with Crippen LogP contribution < -0.4 is 5.32 Å². The number of piperidine rings is 1. The van der Waals surface area contributed by atoms with Crippen molar-refractivity contribution in [3.8, 4) is 5.75 Å². The Hall–Kier alpha value is -1.55. The topological polar surface area (TPSA) is 52.6 Å². The Bertz CT molecular complexity index is 602. The van der Waals surface area contributed by atoms with Crippen LogP contribution in [0.4, 0.5) is 0 Å². The number of amides is 1. The highest BCUT2D eigenvalue weighted by molar-refractivity contribution is 5.96. The summed E-state index contributed by atoms with van der Waals surface area (Å²) in [5.74, 6) is 0.769. The van der Waals surface area contributed by atoms with Crippen LogP contribution in [0.1, 0.15) is 67.8 Å². The zero-order chi connectivity index (χ0) is 17.8. The molecular weight excluding hydrogens is 312 g/mol. The van der Waals surface area contributed by atoms with E-state index in [0.717, 1.165) is 30.5 Å². The molecule has 1 heterocycles. The number of phenols is 1. The van der Waals surface area contributed by atoms with Crippen LogP contribution >= 0.6 is 0 Å². The Morgan fingerprint density at radius 1 is 1.24 bits per heavy atom. The van der Waals surface area contributed by atoms with Gasteiger partial charge in [0.1, 0.15) is 5.75 Å². The second kappa shape index (κ2) is 8.22. The second-order valence-electron chi connectivity index (χ2n) is 7.91. The fraction of sp³-hybridized carbons (Fsp3) is 0.667. The van der Waals surface area contributed by atoms with Gasteiger partial charge in [-0.15, -0.1) is 0 Å². The zero-order valence-corrected chi connectivity index (χ0v) is 15.6. The quantitative estimate of drug-likeness (QED) is 0.798. The third kappa shape index (κ3) is 4.35. The molecule has 1 amide bonds. The predicted molar refractivity (Wildman–Crippen MR) is 101 cm³/mol. The number of benzene rings is 1. The minimum Gasteiger partial charge on any atom is -0.507 e. The minimum absolute atomic E-state index is 0.0535. The zero-order valence-electron chi connectivity index (χ0n) is 15.6. The lowest BCUT2D eigenvalue weighted by molar-refractivity contribution is 0.0215. The van der Waals surface area contributed by atoms with E-state index >= 15 is 0 Å². The molecule has 138 valence electrons. The van der Waals surface area contributed by atoms with Crippen molar-refractivity contribution in [1.82, 2.24) is 10.2 Å². The molecular formula is C21H32N2O2. The maximum atomic E-state index is 12.3. The molecule has 1 aliphatic heterocycles. The molecule has 1 saturated carbocycles. The van der Waals surface area contributed by atoms with Crippen LogP contribution in [0.5, 0.6) is 5.75 Å². The highest BCUT2D eigenvalue weighted by Crippen LogP contribution is 2.37.